The normalized spacial score (nSPS) is 17.5. The van der Waals surface area contributed by atoms with E-state index in [0.717, 1.165) is 24.8 Å². The zero-order chi connectivity index (χ0) is 30.5. The summed E-state index contributed by atoms with van der Waals surface area (Å²) in [7, 11) is 0. The van der Waals surface area contributed by atoms with Gasteiger partial charge >= 0.3 is 6.11 Å². The average Bonchev–Trinajstić information content (AvgIpc) is 2.86. The Morgan fingerprint density at radius 1 is 0.744 bits per heavy atom. The third-order valence-electron chi connectivity index (χ3n) is 8.25. The second kappa shape index (κ2) is 17.6. The van der Waals surface area contributed by atoms with Crippen molar-refractivity contribution in [2.45, 2.75) is 106 Å². The predicted octanol–water partition coefficient (Wildman–Crippen LogP) is 12.1. The van der Waals surface area contributed by atoms with E-state index in [-0.39, 0.29) is 35.8 Å². The molecule has 0 aromatic rings. The highest BCUT2D eigenvalue weighted by molar-refractivity contribution is 5.32. The van der Waals surface area contributed by atoms with Crippen LogP contribution in [0.2, 0.25) is 0 Å². The third kappa shape index (κ3) is 14.2. The molecule has 6 unspecified atom stereocenters. The van der Waals surface area contributed by atoms with Crippen LogP contribution in [0.15, 0.2) is 72.6 Å². The van der Waals surface area contributed by atoms with E-state index in [1.165, 1.54) is 39.2 Å². The van der Waals surface area contributed by atoms with Crippen LogP contribution in [0, 0.1) is 35.5 Å². The number of halogens is 4. The van der Waals surface area contributed by atoms with Crippen molar-refractivity contribution >= 4 is 0 Å². The molecule has 5 heteroatoms. The number of allylic oxidation sites excluding steroid dienone is 7. The van der Waals surface area contributed by atoms with Gasteiger partial charge in [-0.2, -0.15) is 8.78 Å². The van der Waals surface area contributed by atoms with E-state index < -0.39 is 29.4 Å². The van der Waals surface area contributed by atoms with E-state index in [1.807, 2.05) is 0 Å². The van der Waals surface area contributed by atoms with Gasteiger partial charge < -0.3 is 4.74 Å². The molecule has 1 nitrogen and oxygen atoms in total. The molecule has 0 aliphatic carbocycles. The van der Waals surface area contributed by atoms with Crippen LogP contribution in [0.4, 0.5) is 17.6 Å². The van der Waals surface area contributed by atoms with Crippen molar-refractivity contribution in [2.24, 2.45) is 35.5 Å². The second-order valence-electron chi connectivity index (χ2n) is 11.9. The average molecular weight is 555 g/mol. The summed E-state index contributed by atoms with van der Waals surface area (Å²) >= 11 is 0. The van der Waals surface area contributed by atoms with Crippen LogP contribution in [0.25, 0.3) is 0 Å². The first-order valence-electron chi connectivity index (χ1n) is 14.5. The maximum atomic E-state index is 15.0. The quantitative estimate of drug-likeness (QED) is 0.0826. The topological polar surface area (TPSA) is 9.23 Å². The lowest BCUT2D eigenvalue weighted by atomic mass is 9.83. The molecule has 224 valence electrons. The highest BCUT2D eigenvalue weighted by atomic mass is 19.3. The van der Waals surface area contributed by atoms with Crippen LogP contribution in [0.3, 0.4) is 0 Å². The standard InChI is InChI=1S/C34H54F4O/c1-13-23(4)14-15-24(5)25(6)16-17-26(7)28(9)20-33(36)31(12)27(8)18-19-29(10)34(37,38)39-30(11)21-32(35)22(2)3/h20-21,23-27,29H,2,9,11-19H2,1,3-8,10H3/b32-21+,33-20+. The summed E-state index contributed by atoms with van der Waals surface area (Å²) in [6, 6.07) is 0. The first kappa shape index (κ1) is 37.0. The maximum absolute atomic E-state index is 15.0. The van der Waals surface area contributed by atoms with Crippen LogP contribution in [-0.2, 0) is 4.74 Å². The minimum atomic E-state index is -3.55. The van der Waals surface area contributed by atoms with Gasteiger partial charge in [0.05, 0.1) is 5.92 Å². The molecule has 6 atom stereocenters. The fraction of sp³-hybridized carbons (Fsp3) is 0.647. The summed E-state index contributed by atoms with van der Waals surface area (Å²) in [4.78, 5) is 0. The first-order valence-corrected chi connectivity index (χ1v) is 14.5. The molecule has 0 aliphatic heterocycles. The zero-order valence-electron chi connectivity index (χ0n) is 25.8. The Labute approximate surface area is 236 Å². The Hall–Kier alpha value is -2.04. The minimum absolute atomic E-state index is 0.0604. The molecule has 0 fully saturated rings. The molecule has 39 heavy (non-hydrogen) atoms. The zero-order valence-corrected chi connectivity index (χ0v) is 25.8. The van der Waals surface area contributed by atoms with Crippen LogP contribution < -0.4 is 0 Å². The van der Waals surface area contributed by atoms with Gasteiger partial charge in [-0.05, 0) is 85.0 Å². The summed E-state index contributed by atoms with van der Waals surface area (Å²) in [6.07, 6.45) is 4.72. The first-order chi connectivity index (χ1) is 17.9. The Bertz CT molecular complexity index is 882. The van der Waals surface area contributed by atoms with Crippen molar-refractivity contribution in [3.05, 3.63) is 72.6 Å². The van der Waals surface area contributed by atoms with Crippen molar-refractivity contribution < 1.29 is 22.3 Å². The van der Waals surface area contributed by atoms with Crippen LogP contribution in [0.5, 0.6) is 0 Å². The van der Waals surface area contributed by atoms with Crippen molar-refractivity contribution in [2.75, 3.05) is 0 Å². The van der Waals surface area contributed by atoms with E-state index >= 15 is 0 Å². The highest BCUT2D eigenvalue weighted by Crippen LogP contribution is 2.35. The molecular formula is C34H54F4O. The van der Waals surface area contributed by atoms with Gasteiger partial charge in [0.2, 0.25) is 0 Å². The Balaban J connectivity index is 4.83. The van der Waals surface area contributed by atoms with Gasteiger partial charge in [0.1, 0.15) is 17.4 Å². The van der Waals surface area contributed by atoms with E-state index in [2.05, 4.69) is 65.7 Å². The van der Waals surface area contributed by atoms with E-state index in [9.17, 15) is 17.6 Å². The van der Waals surface area contributed by atoms with Gasteiger partial charge in [0.25, 0.3) is 0 Å². The highest BCUT2D eigenvalue weighted by Gasteiger charge is 2.39. The van der Waals surface area contributed by atoms with E-state index in [0.29, 0.717) is 17.4 Å². The number of alkyl halides is 2. The Morgan fingerprint density at radius 2 is 1.26 bits per heavy atom. The molecule has 0 bridgehead atoms. The fourth-order valence-electron chi connectivity index (χ4n) is 4.06. The van der Waals surface area contributed by atoms with Gasteiger partial charge in [0.15, 0.2) is 0 Å². The molecular weight excluding hydrogens is 500 g/mol. The maximum Gasteiger partial charge on any atom is 0.400 e. The summed E-state index contributed by atoms with van der Waals surface area (Å²) in [6.45, 7) is 30.4. The molecule has 0 saturated heterocycles. The lowest BCUT2D eigenvalue weighted by Crippen LogP contribution is -2.29. The monoisotopic (exact) mass is 554 g/mol. The van der Waals surface area contributed by atoms with Gasteiger partial charge in [-0.15, -0.1) is 0 Å². The molecule has 0 N–H and O–H groups in total. The molecule has 0 aromatic carbocycles. The van der Waals surface area contributed by atoms with E-state index in [1.54, 1.807) is 6.92 Å². The number of hydrogen-bond acceptors (Lipinski definition) is 1. The van der Waals surface area contributed by atoms with Crippen LogP contribution in [0.1, 0.15) is 100 Å². The smallest absolute Gasteiger partial charge is 0.400 e. The predicted molar refractivity (Wildman–Crippen MR) is 160 cm³/mol. The Kier molecular flexibility index (Phi) is 16.7. The lowest BCUT2D eigenvalue weighted by molar-refractivity contribution is -0.244. The van der Waals surface area contributed by atoms with Gasteiger partial charge in [-0.3, -0.25) is 0 Å². The molecule has 0 saturated carbocycles. The van der Waals surface area contributed by atoms with Gasteiger partial charge in [-0.25, -0.2) is 8.78 Å². The lowest BCUT2D eigenvalue weighted by Gasteiger charge is -2.25. The van der Waals surface area contributed by atoms with Gasteiger partial charge in [-0.1, -0.05) is 94.0 Å². The van der Waals surface area contributed by atoms with Crippen molar-refractivity contribution in [3.63, 3.8) is 0 Å². The van der Waals surface area contributed by atoms with Crippen molar-refractivity contribution in [3.8, 4) is 0 Å². The Morgan fingerprint density at radius 3 is 1.77 bits per heavy atom. The summed E-state index contributed by atoms with van der Waals surface area (Å²) in [5.74, 6) is -1.12. The van der Waals surface area contributed by atoms with Crippen LogP contribution in [-0.4, -0.2) is 6.11 Å². The van der Waals surface area contributed by atoms with Gasteiger partial charge in [0, 0.05) is 6.08 Å². The molecule has 0 radical (unpaired) electrons. The van der Waals surface area contributed by atoms with Crippen LogP contribution >= 0.6 is 0 Å². The SMILES string of the molecule is C=C(/C=C(/F)C(=C)C)OC(F)(F)C(C)CCC(C)C(=C)/C(F)=C\C(=C)C(C)CCC(C)C(C)CCC(C)CC. The minimum Gasteiger partial charge on any atom is -0.433 e. The van der Waals surface area contributed by atoms with E-state index in [4.69, 9.17) is 0 Å². The molecule has 0 aromatic heterocycles. The molecule has 0 rings (SSSR count). The third-order valence-corrected chi connectivity index (χ3v) is 8.25. The summed E-state index contributed by atoms with van der Waals surface area (Å²) < 4.78 is 62.2. The molecule has 0 heterocycles. The number of ether oxygens (including phenoxy) is 1. The number of rotatable bonds is 20. The number of hydrogen-bond donors (Lipinski definition) is 0. The molecule has 0 aliphatic rings. The largest absolute Gasteiger partial charge is 0.433 e. The summed E-state index contributed by atoms with van der Waals surface area (Å²) in [5, 5.41) is 0. The van der Waals surface area contributed by atoms with Crippen molar-refractivity contribution in [1.29, 1.82) is 0 Å². The molecule has 0 amide bonds. The second-order valence-corrected chi connectivity index (χ2v) is 11.9. The molecule has 0 spiro atoms. The summed E-state index contributed by atoms with van der Waals surface area (Å²) in [5.41, 5.74) is 1.07. The fourth-order valence-corrected chi connectivity index (χ4v) is 4.06. The van der Waals surface area contributed by atoms with Crippen molar-refractivity contribution in [1.82, 2.24) is 0 Å².